The molecule has 6 nitrogen and oxygen atoms in total. The van der Waals surface area contributed by atoms with Crippen molar-refractivity contribution in [2.24, 2.45) is 0 Å². The minimum Gasteiger partial charge on any atom is -0.494 e. The van der Waals surface area contributed by atoms with Crippen molar-refractivity contribution >= 4 is 5.97 Å². The van der Waals surface area contributed by atoms with Crippen molar-refractivity contribution in [3.8, 4) is 28.5 Å². The average Bonchev–Trinajstić information content (AvgIpc) is 2.90. The highest BCUT2D eigenvalue weighted by Gasteiger charge is 2.12. The maximum atomic E-state index is 12.5. The van der Waals surface area contributed by atoms with E-state index < -0.39 is 5.97 Å². The molecule has 2 aromatic carbocycles. The Kier molecular flexibility index (Phi) is 11.1. The maximum Gasteiger partial charge on any atom is 0.363 e. The minimum absolute atomic E-state index is 0.150. The van der Waals surface area contributed by atoms with Crippen LogP contribution in [-0.2, 0) is 0 Å². The number of unbranched alkanes of at least 4 members (excludes halogenated alkanes) is 6. The lowest BCUT2D eigenvalue weighted by Gasteiger charge is -2.08. The first-order chi connectivity index (χ1) is 17.2. The third kappa shape index (κ3) is 9.04. The largest absolute Gasteiger partial charge is 0.494 e. The summed E-state index contributed by atoms with van der Waals surface area (Å²) in [5, 5.41) is 0. The van der Waals surface area contributed by atoms with E-state index in [-0.39, 0.29) is 5.69 Å². The highest BCUT2D eigenvalue weighted by atomic mass is 16.5. The van der Waals surface area contributed by atoms with Crippen LogP contribution < -0.4 is 14.2 Å². The predicted octanol–water partition coefficient (Wildman–Crippen LogP) is 7.28. The molecular formula is C29H36N2O4. The van der Waals surface area contributed by atoms with Gasteiger partial charge in [-0.05, 0) is 61.4 Å². The second kappa shape index (κ2) is 14.8. The van der Waals surface area contributed by atoms with Crippen molar-refractivity contribution in [1.82, 2.24) is 9.97 Å². The number of benzene rings is 2. The Morgan fingerprint density at radius 3 is 1.86 bits per heavy atom. The van der Waals surface area contributed by atoms with Gasteiger partial charge in [-0.15, -0.1) is 0 Å². The van der Waals surface area contributed by atoms with Gasteiger partial charge in [0.15, 0.2) is 5.69 Å². The summed E-state index contributed by atoms with van der Waals surface area (Å²) in [5.74, 6) is 1.48. The number of ether oxygens (including phenoxy) is 3. The van der Waals surface area contributed by atoms with Gasteiger partial charge in [-0.25, -0.2) is 9.78 Å². The standard InChI is InChI=1S/C29H36N2O4/c1-3-5-7-8-9-10-20-34-25-15-17-26(18-16-25)35-29(32)28-22-30-27(21-31-28)23-11-13-24(14-12-23)33-19-6-4-2/h11-18,21-22H,3-10,19-20H2,1-2H3. The summed E-state index contributed by atoms with van der Waals surface area (Å²) in [7, 11) is 0. The summed E-state index contributed by atoms with van der Waals surface area (Å²) < 4.78 is 16.9. The molecule has 0 atom stereocenters. The molecule has 3 rings (SSSR count). The SMILES string of the molecule is CCCCCCCCOc1ccc(OC(=O)c2cnc(-c3ccc(OCCCC)cc3)cn2)cc1. The highest BCUT2D eigenvalue weighted by Crippen LogP contribution is 2.22. The molecular weight excluding hydrogens is 440 g/mol. The zero-order chi connectivity index (χ0) is 24.7. The van der Waals surface area contributed by atoms with Gasteiger partial charge in [0.2, 0.25) is 0 Å². The van der Waals surface area contributed by atoms with Gasteiger partial charge in [-0.3, -0.25) is 4.98 Å². The Morgan fingerprint density at radius 1 is 0.657 bits per heavy atom. The first-order valence-electron chi connectivity index (χ1n) is 12.7. The van der Waals surface area contributed by atoms with Gasteiger partial charge in [0.05, 0.1) is 31.3 Å². The lowest BCUT2D eigenvalue weighted by Crippen LogP contribution is -2.11. The summed E-state index contributed by atoms with van der Waals surface area (Å²) in [6.07, 6.45) is 12.5. The van der Waals surface area contributed by atoms with Crippen molar-refractivity contribution in [2.75, 3.05) is 13.2 Å². The molecule has 0 amide bonds. The molecule has 0 saturated carbocycles. The van der Waals surface area contributed by atoms with Crippen LogP contribution in [-0.4, -0.2) is 29.2 Å². The molecule has 0 unspecified atom stereocenters. The molecule has 0 radical (unpaired) electrons. The molecule has 0 N–H and O–H groups in total. The predicted molar refractivity (Wildman–Crippen MR) is 138 cm³/mol. The van der Waals surface area contributed by atoms with Crippen LogP contribution in [0.5, 0.6) is 17.2 Å². The van der Waals surface area contributed by atoms with E-state index in [0.717, 1.165) is 36.3 Å². The third-order valence-electron chi connectivity index (χ3n) is 5.58. The van der Waals surface area contributed by atoms with Gasteiger partial charge in [0.1, 0.15) is 17.2 Å². The fraction of sp³-hybridized carbons (Fsp3) is 0.414. The lowest BCUT2D eigenvalue weighted by molar-refractivity contribution is 0.0728. The van der Waals surface area contributed by atoms with Gasteiger partial charge >= 0.3 is 5.97 Å². The van der Waals surface area contributed by atoms with Gasteiger partial charge < -0.3 is 14.2 Å². The number of hydrogen-bond acceptors (Lipinski definition) is 6. The Hall–Kier alpha value is -3.41. The number of carbonyl (C=O) groups is 1. The molecule has 0 aliphatic heterocycles. The van der Waals surface area contributed by atoms with Gasteiger partial charge in [0.25, 0.3) is 0 Å². The fourth-order valence-corrected chi connectivity index (χ4v) is 3.47. The maximum absolute atomic E-state index is 12.5. The van der Waals surface area contributed by atoms with Gasteiger partial charge in [0, 0.05) is 5.56 Å². The Morgan fingerprint density at radius 2 is 1.23 bits per heavy atom. The molecule has 186 valence electrons. The molecule has 0 saturated heterocycles. The van der Waals surface area contributed by atoms with Crippen LogP contribution in [0, 0.1) is 0 Å². The van der Waals surface area contributed by atoms with E-state index in [1.165, 1.54) is 38.3 Å². The van der Waals surface area contributed by atoms with Crippen LogP contribution >= 0.6 is 0 Å². The summed E-state index contributed by atoms with van der Waals surface area (Å²) in [6.45, 7) is 5.76. The van der Waals surface area contributed by atoms with Crippen LogP contribution in [0.25, 0.3) is 11.3 Å². The van der Waals surface area contributed by atoms with Crippen LogP contribution in [0.4, 0.5) is 0 Å². The van der Waals surface area contributed by atoms with Crippen LogP contribution in [0.15, 0.2) is 60.9 Å². The number of hydrogen-bond donors (Lipinski definition) is 0. The fourth-order valence-electron chi connectivity index (χ4n) is 3.47. The van der Waals surface area contributed by atoms with Crippen LogP contribution in [0.1, 0.15) is 75.7 Å². The van der Waals surface area contributed by atoms with Crippen molar-refractivity contribution in [3.05, 3.63) is 66.6 Å². The molecule has 0 fully saturated rings. The van der Waals surface area contributed by atoms with Crippen molar-refractivity contribution < 1.29 is 19.0 Å². The van der Waals surface area contributed by atoms with E-state index in [9.17, 15) is 4.79 Å². The summed E-state index contributed by atoms with van der Waals surface area (Å²) in [5.41, 5.74) is 1.72. The lowest BCUT2D eigenvalue weighted by atomic mass is 10.1. The van der Waals surface area contributed by atoms with E-state index in [1.807, 2.05) is 36.4 Å². The minimum atomic E-state index is -0.551. The quantitative estimate of drug-likeness (QED) is 0.130. The molecule has 6 heteroatoms. The average molecular weight is 477 g/mol. The van der Waals surface area contributed by atoms with Crippen molar-refractivity contribution in [1.29, 1.82) is 0 Å². The van der Waals surface area contributed by atoms with E-state index >= 15 is 0 Å². The number of nitrogens with zero attached hydrogens (tertiary/aromatic N) is 2. The number of carbonyl (C=O) groups excluding carboxylic acids is 1. The zero-order valence-corrected chi connectivity index (χ0v) is 20.9. The van der Waals surface area contributed by atoms with Gasteiger partial charge in [-0.2, -0.15) is 0 Å². The first kappa shape index (κ1) is 26.2. The Bertz CT molecular complexity index is 1000. The molecule has 1 aromatic heterocycles. The Labute approximate surface area is 208 Å². The van der Waals surface area contributed by atoms with Gasteiger partial charge in [-0.1, -0.05) is 52.4 Å². The normalized spacial score (nSPS) is 10.7. The smallest absolute Gasteiger partial charge is 0.363 e. The first-order valence-corrected chi connectivity index (χ1v) is 12.7. The van der Waals surface area contributed by atoms with Crippen LogP contribution in [0.3, 0.4) is 0 Å². The summed E-state index contributed by atoms with van der Waals surface area (Å²) in [6, 6.07) is 14.7. The molecule has 1 heterocycles. The van der Waals surface area contributed by atoms with E-state index in [0.29, 0.717) is 24.7 Å². The molecule has 0 aliphatic carbocycles. The molecule has 0 bridgehead atoms. The van der Waals surface area contributed by atoms with Crippen molar-refractivity contribution in [3.63, 3.8) is 0 Å². The summed E-state index contributed by atoms with van der Waals surface area (Å²) in [4.78, 5) is 21.1. The third-order valence-corrected chi connectivity index (χ3v) is 5.58. The van der Waals surface area contributed by atoms with E-state index in [2.05, 4.69) is 23.8 Å². The number of aromatic nitrogens is 2. The zero-order valence-electron chi connectivity index (χ0n) is 20.9. The number of esters is 1. The second-order valence-corrected chi connectivity index (χ2v) is 8.49. The molecule has 0 aliphatic rings. The van der Waals surface area contributed by atoms with E-state index in [1.54, 1.807) is 18.3 Å². The summed E-state index contributed by atoms with van der Waals surface area (Å²) >= 11 is 0. The molecule has 35 heavy (non-hydrogen) atoms. The van der Waals surface area contributed by atoms with Crippen molar-refractivity contribution in [2.45, 2.75) is 65.2 Å². The topological polar surface area (TPSA) is 70.5 Å². The number of rotatable bonds is 15. The second-order valence-electron chi connectivity index (χ2n) is 8.49. The Balaban J connectivity index is 1.45. The monoisotopic (exact) mass is 476 g/mol. The van der Waals surface area contributed by atoms with E-state index in [4.69, 9.17) is 14.2 Å². The van der Waals surface area contributed by atoms with Crippen LogP contribution in [0.2, 0.25) is 0 Å². The molecule has 0 spiro atoms. The highest BCUT2D eigenvalue weighted by molar-refractivity contribution is 5.88. The molecule has 3 aromatic rings.